The van der Waals surface area contributed by atoms with E-state index in [1.54, 1.807) is 38.6 Å². The number of nitrogens with one attached hydrogen (secondary N) is 2. The number of fused-ring (bicyclic) bond motifs is 1. The topological polar surface area (TPSA) is 98.1 Å². The molecule has 3 heterocycles. The number of hydrogen-bond acceptors (Lipinski definition) is 4. The van der Waals surface area contributed by atoms with Crippen LogP contribution in [0.2, 0.25) is 0 Å². The smallest absolute Gasteiger partial charge is 0.293 e. The average molecular weight is 475 g/mol. The molecule has 0 atom stereocenters. The number of rotatable bonds is 4. The minimum atomic E-state index is -0.444. The summed E-state index contributed by atoms with van der Waals surface area (Å²) in [6.07, 6.45) is 3.32. The van der Waals surface area contributed by atoms with E-state index in [1.807, 2.05) is 52.8 Å². The number of pyridine rings is 2. The maximum absolute atomic E-state index is 13.2. The number of carbonyl (C=O) groups excluding carboxylic acids is 1. The van der Waals surface area contributed by atoms with E-state index in [-0.39, 0.29) is 34.0 Å². The molecule has 4 aromatic rings. The molecule has 4 rings (SSSR count). The van der Waals surface area contributed by atoms with Gasteiger partial charge in [-0.25, -0.2) is 0 Å². The monoisotopic (exact) mass is 474 g/mol. The molecule has 0 aliphatic heterocycles. The highest BCUT2D eigenvalue weighted by Gasteiger charge is 2.23. The third-order valence-electron chi connectivity index (χ3n) is 5.83. The minimum absolute atomic E-state index is 0.147. The van der Waals surface area contributed by atoms with E-state index in [2.05, 4.69) is 10.3 Å². The lowest BCUT2D eigenvalue weighted by Gasteiger charge is -2.19. The van der Waals surface area contributed by atoms with Crippen molar-refractivity contribution in [2.45, 2.75) is 40.2 Å². The highest BCUT2D eigenvalue weighted by molar-refractivity contribution is 6.03. The van der Waals surface area contributed by atoms with Crippen molar-refractivity contribution < 1.29 is 9.53 Å². The van der Waals surface area contributed by atoms with E-state index in [9.17, 15) is 14.4 Å². The highest BCUT2D eigenvalue weighted by Crippen LogP contribution is 2.36. The van der Waals surface area contributed by atoms with Crippen molar-refractivity contribution in [2.75, 3.05) is 0 Å². The molecular formula is C27H30N4O4. The largest absolute Gasteiger partial charge is 0.450 e. The summed E-state index contributed by atoms with van der Waals surface area (Å²) in [6.45, 7) is 9.50. The van der Waals surface area contributed by atoms with Crippen molar-refractivity contribution in [3.05, 3.63) is 80.3 Å². The van der Waals surface area contributed by atoms with Gasteiger partial charge in [0.15, 0.2) is 5.75 Å². The normalized spacial score (nSPS) is 11.6. The van der Waals surface area contributed by atoms with E-state index in [0.29, 0.717) is 22.3 Å². The van der Waals surface area contributed by atoms with Crippen molar-refractivity contribution >= 4 is 16.8 Å². The molecule has 0 aliphatic rings. The van der Waals surface area contributed by atoms with Gasteiger partial charge in [0.05, 0.1) is 0 Å². The van der Waals surface area contributed by atoms with Crippen LogP contribution in [0.1, 0.15) is 42.4 Å². The molecule has 0 bridgehead atoms. The van der Waals surface area contributed by atoms with Crippen molar-refractivity contribution in [3.8, 4) is 22.6 Å². The van der Waals surface area contributed by atoms with E-state index in [1.165, 1.54) is 9.13 Å². The number of carbonyl (C=O) groups is 1. The highest BCUT2D eigenvalue weighted by atomic mass is 16.5. The van der Waals surface area contributed by atoms with Gasteiger partial charge in [0.1, 0.15) is 17.0 Å². The molecule has 1 amide bonds. The summed E-state index contributed by atoms with van der Waals surface area (Å²) in [6, 6.07) is 9.21. The van der Waals surface area contributed by atoms with Gasteiger partial charge in [-0.1, -0.05) is 18.2 Å². The number of benzene rings is 1. The Hall–Kier alpha value is -4.07. The first-order valence-electron chi connectivity index (χ1n) is 11.4. The van der Waals surface area contributed by atoms with Gasteiger partial charge in [0.25, 0.3) is 17.0 Å². The Morgan fingerprint density at radius 1 is 0.943 bits per heavy atom. The summed E-state index contributed by atoms with van der Waals surface area (Å²) in [5, 5.41) is 3.44. The molecule has 8 nitrogen and oxygen atoms in total. The molecule has 35 heavy (non-hydrogen) atoms. The lowest BCUT2D eigenvalue weighted by atomic mass is 10.0. The molecule has 8 heteroatoms. The Balaban J connectivity index is 1.97. The van der Waals surface area contributed by atoms with Gasteiger partial charge in [-0.3, -0.25) is 14.4 Å². The van der Waals surface area contributed by atoms with Crippen LogP contribution in [0.3, 0.4) is 0 Å². The Morgan fingerprint density at radius 3 is 2.23 bits per heavy atom. The fraction of sp³-hybridized carbons (Fsp3) is 0.296. The van der Waals surface area contributed by atoms with Gasteiger partial charge in [-0.15, -0.1) is 0 Å². The van der Waals surface area contributed by atoms with E-state index >= 15 is 0 Å². The number of aromatic nitrogens is 3. The zero-order chi connectivity index (χ0) is 25.7. The van der Waals surface area contributed by atoms with Crippen LogP contribution in [0.15, 0.2) is 52.3 Å². The molecule has 0 unspecified atom stereocenters. The van der Waals surface area contributed by atoms with Crippen molar-refractivity contribution in [1.82, 2.24) is 19.4 Å². The van der Waals surface area contributed by atoms with Crippen LogP contribution in [0.25, 0.3) is 22.0 Å². The zero-order valence-electron chi connectivity index (χ0n) is 21.1. The standard InChI is InChI=1S/C27H30N4O4/c1-15-9-8-10-16(2)22(15)35-23-17(11-12-30(6)26(23)34)19-14-31(7)25(33)21-18(19)13-20(28-21)24(32)29-27(3,4)5/h8-14,28H,1-7H3,(H,29,32). The van der Waals surface area contributed by atoms with Crippen LogP contribution in [0, 0.1) is 13.8 Å². The SMILES string of the molecule is Cc1cccc(C)c1Oc1c(-c2cn(C)c(=O)c3[nH]c(C(=O)NC(C)(C)C)cc23)ccn(C)c1=O. The quantitative estimate of drug-likeness (QED) is 0.464. The summed E-state index contributed by atoms with van der Waals surface area (Å²) < 4.78 is 9.15. The number of nitrogens with zero attached hydrogens (tertiary/aromatic N) is 2. The summed E-state index contributed by atoms with van der Waals surface area (Å²) in [4.78, 5) is 42.0. The van der Waals surface area contributed by atoms with Crippen LogP contribution in [0.5, 0.6) is 11.5 Å². The van der Waals surface area contributed by atoms with Gasteiger partial charge >= 0.3 is 0 Å². The molecule has 182 valence electrons. The van der Waals surface area contributed by atoms with Crippen LogP contribution < -0.4 is 21.2 Å². The van der Waals surface area contributed by atoms with Crippen LogP contribution in [0.4, 0.5) is 0 Å². The molecule has 0 saturated carbocycles. The Kier molecular flexibility index (Phi) is 5.92. The van der Waals surface area contributed by atoms with Crippen molar-refractivity contribution in [1.29, 1.82) is 0 Å². The van der Waals surface area contributed by atoms with E-state index in [4.69, 9.17) is 4.74 Å². The number of hydrogen-bond donors (Lipinski definition) is 2. The second-order valence-electron chi connectivity index (χ2n) is 9.93. The molecule has 0 saturated heterocycles. The zero-order valence-corrected chi connectivity index (χ0v) is 21.1. The maximum atomic E-state index is 13.2. The van der Waals surface area contributed by atoms with Crippen molar-refractivity contribution in [2.24, 2.45) is 14.1 Å². The number of aryl methyl sites for hydroxylation is 4. The number of para-hydroxylation sites is 1. The molecule has 1 aromatic carbocycles. The third kappa shape index (κ3) is 4.51. The lowest BCUT2D eigenvalue weighted by molar-refractivity contribution is 0.0915. The summed E-state index contributed by atoms with van der Waals surface area (Å²) in [5.74, 6) is 0.435. The molecular weight excluding hydrogens is 444 g/mol. The van der Waals surface area contributed by atoms with Gasteiger partial charge in [-0.05, 0) is 57.9 Å². The molecule has 0 spiro atoms. The third-order valence-corrected chi connectivity index (χ3v) is 5.83. The molecule has 2 N–H and O–H groups in total. The fourth-order valence-corrected chi connectivity index (χ4v) is 4.06. The van der Waals surface area contributed by atoms with Gasteiger partial charge in [-0.2, -0.15) is 0 Å². The number of H-pyrrole nitrogens is 1. The van der Waals surface area contributed by atoms with E-state index in [0.717, 1.165) is 11.1 Å². The second kappa shape index (κ2) is 8.61. The Bertz CT molecular complexity index is 1560. The number of aromatic amines is 1. The predicted octanol–water partition coefficient (Wildman–Crippen LogP) is 4.17. The Morgan fingerprint density at radius 2 is 1.60 bits per heavy atom. The average Bonchev–Trinajstić information content (AvgIpc) is 3.21. The minimum Gasteiger partial charge on any atom is -0.450 e. The van der Waals surface area contributed by atoms with Crippen LogP contribution >= 0.6 is 0 Å². The van der Waals surface area contributed by atoms with Crippen molar-refractivity contribution in [3.63, 3.8) is 0 Å². The second-order valence-corrected chi connectivity index (χ2v) is 9.93. The van der Waals surface area contributed by atoms with Gasteiger partial charge < -0.3 is 24.2 Å². The summed E-state index contributed by atoms with van der Waals surface area (Å²) in [5.41, 5.74) is 2.44. The van der Waals surface area contributed by atoms with Gasteiger partial charge in [0, 0.05) is 48.5 Å². The number of ether oxygens (including phenoxy) is 1. The van der Waals surface area contributed by atoms with Crippen LogP contribution in [-0.4, -0.2) is 25.6 Å². The maximum Gasteiger partial charge on any atom is 0.293 e. The first-order valence-corrected chi connectivity index (χ1v) is 11.4. The molecule has 0 aliphatic carbocycles. The molecule has 0 radical (unpaired) electrons. The summed E-state index contributed by atoms with van der Waals surface area (Å²) >= 11 is 0. The van der Waals surface area contributed by atoms with Gasteiger partial charge in [0.2, 0.25) is 0 Å². The van der Waals surface area contributed by atoms with E-state index < -0.39 is 5.54 Å². The summed E-state index contributed by atoms with van der Waals surface area (Å²) in [7, 11) is 3.29. The fourth-order valence-electron chi connectivity index (χ4n) is 4.06. The number of amides is 1. The molecule has 3 aromatic heterocycles. The Labute approximate surface area is 203 Å². The first kappa shape index (κ1) is 24.1. The van der Waals surface area contributed by atoms with Crippen LogP contribution in [-0.2, 0) is 14.1 Å². The first-order chi connectivity index (χ1) is 16.4. The lowest BCUT2D eigenvalue weighted by Crippen LogP contribution is -2.40. The molecule has 0 fully saturated rings. The predicted molar refractivity (Wildman–Crippen MR) is 137 cm³/mol.